The van der Waals surface area contributed by atoms with Crippen molar-refractivity contribution in [2.24, 2.45) is 0 Å². The van der Waals surface area contributed by atoms with Gasteiger partial charge in [0.15, 0.2) is 0 Å². The van der Waals surface area contributed by atoms with Gasteiger partial charge in [-0.15, -0.1) is 11.3 Å². The number of anilines is 3. The van der Waals surface area contributed by atoms with Gasteiger partial charge in [-0.25, -0.2) is 0 Å². The Morgan fingerprint density at radius 2 is 1.14 bits per heavy atom. The molecule has 232 valence electrons. The van der Waals surface area contributed by atoms with Gasteiger partial charge in [-0.2, -0.15) is 0 Å². The van der Waals surface area contributed by atoms with Gasteiger partial charge in [0, 0.05) is 47.6 Å². The number of rotatable bonds is 4. The molecule has 10 rings (SSSR count). The van der Waals surface area contributed by atoms with Crippen molar-refractivity contribution in [1.82, 2.24) is 0 Å². The Morgan fingerprint density at radius 1 is 0.469 bits per heavy atom. The molecular formula is C47H33NS. The summed E-state index contributed by atoms with van der Waals surface area (Å²) in [6.07, 6.45) is 0. The van der Waals surface area contributed by atoms with Crippen molar-refractivity contribution in [2.45, 2.75) is 19.3 Å². The maximum atomic E-state index is 2.51. The van der Waals surface area contributed by atoms with Crippen LogP contribution in [0.5, 0.6) is 0 Å². The van der Waals surface area contributed by atoms with Crippen molar-refractivity contribution in [2.75, 3.05) is 4.90 Å². The second-order valence-corrected chi connectivity index (χ2v) is 14.8. The summed E-state index contributed by atoms with van der Waals surface area (Å²) in [5.74, 6) is 0. The van der Waals surface area contributed by atoms with E-state index in [0.717, 1.165) is 11.4 Å². The van der Waals surface area contributed by atoms with Crippen LogP contribution >= 0.6 is 11.3 Å². The summed E-state index contributed by atoms with van der Waals surface area (Å²) >= 11 is 1.91. The van der Waals surface area contributed by atoms with Crippen molar-refractivity contribution < 1.29 is 0 Å². The molecule has 0 spiro atoms. The highest BCUT2D eigenvalue weighted by molar-refractivity contribution is 7.26. The molecule has 0 N–H and O–H groups in total. The molecular weight excluding hydrogens is 611 g/mol. The zero-order chi connectivity index (χ0) is 32.7. The minimum Gasteiger partial charge on any atom is -0.309 e. The molecule has 2 heteroatoms. The molecule has 1 heterocycles. The SMILES string of the molecule is CC1(C)c2ccccc2-c2ccc(N(c3ccccc3-c3ccccc3)c3cc4ccc5c6ccccc6sc5c4c4ccccc34)cc21. The van der Waals surface area contributed by atoms with Crippen molar-refractivity contribution in [3.63, 3.8) is 0 Å². The van der Waals surface area contributed by atoms with Gasteiger partial charge in [-0.1, -0.05) is 147 Å². The van der Waals surface area contributed by atoms with E-state index in [2.05, 4.69) is 183 Å². The van der Waals surface area contributed by atoms with Crippen LogP contribution in [0.1, 0.15) is 25.0 Å². The number of para-hydroxylation sites is 1. The molecule has 0 aliphatic heterocycles. The second-order valence-electron chi connectivity index (χ2n) is 13.7. The molecule has 1 aliphatic rings. The van der Waals surface area contributed by atoms with Gasteiger partial charge in [0.2, 0.25) is 0 Å². The topological polar surface area (TPSA) is 3.24 Å². The second kappa shape index (κ2) is 10.7. The minimum absolute atomic E-state index is 0.106. The molecule has 0 radical (unpaired) electrons. The predicted octanol–water partition coefficient (Wildman–Crippen LogP) is 13.8. The number of hydrogen-bond donors (Lipinski definition) is 0. The Hall–Kier alpha value is -5.70. The van der Waals surface area contributed by atoms with Crippen LogP contribution in [0.25, 0.3) is 64.0 Å². The molecule has 1 aromatic heterocycles. The van der Waals surface area contributed by atoms with Gasteiger partial charge in [-0.3, -0.25) is 0 Å². The third-order valence-electron chi connectivity index (χ3n) is 10.6. The maximum Gasteiger partial charge on any atom is 0.0546 e. The fourth-order valence-electron chi connectivity index (χ4n) is 8.31. The van der Waals surface area contributed by atoms with Crippen molar-refractivity contribution in [3.8, 4) is 22.3 Å². The molecule has 8 aromatic carbocycles. The Bertz CT molecular complexity index is 2750. The zero-order valence-electron chi connectivity index (χ0n) is 27.4. The Kier molecular flexibility index (Phi) is 6.16. The summed E-state index contributed by atoms with van der Waals surface area (Å²) in [4.78, 5) is 2.51. The standard InChI is InChI=1S/C47H33NS/c1-47(2)40-21-11-8-17-34(40)35-27-25-32(29-41(35)47)48(42-22-12-9-16-33(42)30-14-4-3-5-15-30)43-28-31-24-26-39-37-19-10-13-23-44(37)49-46(39)45(31)38-20-7-6-18-36(38)43/h3-29H,1-2H3. The quantitative estimate of drug-likeness (QED) is 0.173. The Morgan fingerprint density at radius 3 is 2.00 bits per heavy atom. The average Bonchev–Trinajstić information content (AvgIpc) is 3.64. The van der Waals surface area contributed by atoms with Crippen molar-refractivity contribution >= 4 is 70.1 Å². The highest BCUT2D eigenvalue weighted by Gasteiger charge is 2.36. The molecule has 0 saturated carbocycles. The zero-order valence-corrected chi connectivity index (χ0v) is 28.3. The molecule has 9 aromatic rings. The highest BCUT2D eigenvalue weighted by atomic mass is 32.1. The lowest BCUT2D eigenvalue weighted by atomic mass is 9.82. The monoisotopic (exact) mass is 643 g/mol. The largest absolute Gasteiger partial charge is 0.309 e. The summed E-state index contributed by atoms with van der Waals surface area (Å²) in [6.45, 7) is 4.73. The van der Waals surface area contributed by atoms with E-state index in [0.29, 0.717) is 0 Å². The minimum atomic E-state index is -0.106. The highest BCUT2D eigenvalue weighted by Crippen LogP contribution is 2.52. The first-order valence-electron chi connectivity index (χ1n) is 17.0. The van der Waals surface area contributed by atoms with Crippen LogP contribution in [0.2, 0.25) is 0 Å². The van der Waals surface area contributed by atoms with E-state index in [4.69, 9.17) is 0 Å². The van der Waals surface area contributed by atoms with Crippen LogP contribution in [-0.2, 0) is 5.41 Å². The van der Waals surface area contributed by atoms with E-state index < -0.39 is 0 Å². The molecule has 1 aliphatic carbocycles. The first-order valence-corrected chi connectivity index (χ1v) is 17.8. The molecule has 0 saturated heterocycles. The van der Waals surface area contributed by atoms with Gasteiger partial charge in [0.25, 0.3) is 0 Å². The molecule has 0 atom stereocenters. The van der Waals surface area contributed by atoms with Crippen LogP contribution in [0.4, 0.5) is 17.1 Å². The molecule has 0 unspecified atom stereocenters. The van der Waals surface area contributed by atoms with E-state index in [1.165, 1.54) is 80.8 Å². The fraction of sp³-hybridized carbons (Fsp3) is 0.0638. The number of fused-ring (bicyclic) bond motifs is 10. The van der Waals surface area contributed by atoms with Gasteiger partial charge in [0.05, 0.1) is 11.4 Å². The number of nitrogens with zero attached hydrogens (tertiary/aromatic N) is 1. The Labute approximate surface area is 290 Å². The fourth-order valence-corrected chi connectivity index (χ4v) is 9.58. The lowest BCUT2D eigenvalue weighted by Gasteiger charge is -2.31. The van der Waals surface area contributed by atoms with Gasteiger partial charge in [-0.05, 0) is 68.9 Å². The van der Waals surface area contributed by atoms with E-state index in [9.17, 15) is 0 Å². The van der Waals surface area contributed by atoms with Crippen LogP contribution in [0, 0.1) is 0 Å². The van der Waals surface area contributed by atoms with Crippen LogP contribution < -0.4 is 4.90 Å². The van der Waals surface area contributed by atoms with E-state index in [1.54, 1.807) is 0 Å². The summed E-state index contributed by atoms with van der Waals surface area (Å²) in [7, 11) is 0. The summed E-state index contributed by atoms with van der Waals surface area (Å²) < 4.78 is 2.69. The average molecular weight is 644 g/mol. The molecule has 49 heavy (non-hydrogen) atoms. The third-order valence-corrected chi connectivity index (χ3v) is 11.8. The normalized spacial score (nSPS) is 13.3. The molecule has 1 nitrogen and oxygen atoms in total. The van der Waals surface area contributed by atoms with E-state index in [-0.39, 0.29) is 5.41 Å². The smallest absolute Gasteiger partial charge is 0.0546 e. The lowest BCUT2D eigenvalue weighted by Crippen LogP contribution is -2.17. The van der Waals surface area contributed by atoms with E-state index >= 15 is 0 Å². The molecule has 0 fully saturated rings. The third kappa shape index (κ3) is 4.17. The first kappa shape index (κ1) is 28.3. The van der Waals surface area contributed by atoms with Gasteiger partial charge in [0.1, 0.15) is 0 Å². The lowest BCUT2D eigenvalue weighted by molar-refractivity contribution is 0.660. The van der Waals surface area contributed by atoms with E-state index in [1.807, 2.05) is 11.3 Å². The summed E-state index contributed by atoms with van der Waals surface area (Å²) in [5.41, 5.74) is 11.2. The Balaban J connectivity index is 1.29. The predicted molar refractivity (Wildman–Crippen MR) is 212 cm³/mol. The van der Waals surface area contributed by atoms with Crippen LogP contribution in [-0.4, -0.2) is 0 Å². The van der Waals surface area contributed by atoms with Gasteiger partial charge < -0.3 is 4.90 Å². The number of benzene rings is 8. The molecule has 0 bridgehead atoms. The van der Waals surface area contributed by atoms with Crippen molar-refractivity contribution in [3.05, 3.63) is 175 Å². The van der Waals surface area contributed by atoms with Crippen LogP contribution in [0.15, 0.2) is 164 Å². The van der Waals surface area contributed by atoms with Gasteiger partial charge >= 0.3 is 0 Å². The molecule has 0 amide bonds. The number of hydrogen-bond acceptors (Lipinski definition) is 2. The summed E-state index contributed by atoms with van der Waals surface area (Å²) in [6, 6.07) is 60.6. The summed E-state index contributed by atoms with van der Waals surface area (Å²) in [5, 5.41) is 7.77. The van der Waals surface area contributed by atoms with Crippen LogP contribution in [0.3, 0.4) is 0 Å². The number of thiophene rings is 1. The maximum absolute atomic E-state index is 2.51. The van der Waals surface area contributed by atoms with Crippen molar-refractivity contribution in [1.29, 1.82) is 0 Å². The first-order chi connectivity index (χ1) is 24.1.